The lowest BCUT2D eigenvalue weighted by atomic mass is 10.1. The molecule has 1 saturated heterocycles. The lowest BCUT2D eigenvalue weighted by Crippen LogP contribution is -2.46. The van der Waals surface area contributed by atoms with Gasteiger partial charge in [0, 0.05) is 37.6 Å². The fraction of sp³-hybridized carbons (Fsp3) is 0.611. The molecule has 132 valence electrons. The van der Waals surface area contributed by atoms with Crippen LogP contribution < -0.4 is 10.6 Å². The molecule has 24 heavy (non-hydrogen) atoms. The van der Waals surface area contributed by atoms with Gasteiger partial charge in [0.2, 0.25) is 0 Å². The van der Waals surface area contributed by atoms with Gasteiger partial charge in [0.15, 0.2) is 5.79 Å². The predicted octanol–water partition coefficient (Wildman–Crippen LogP) is 1.45. The van der Waals surface area contributed by atoms with E-state index in [0.717, 1.165) is 18.5 Å². The van der Waals surface area contributed by atoms with E-state index in [1.165, 1.54) is 0 Å². The summed E-state index contributed by atoms with van der Waals surface area (Å²) >= 11 is 0. The van der Waals surface area contributed by atoms with Crippen LogP contribution in [-0.2, 0) is 20.8 Å². The minimum absolute atomic E-state index is 0.00537. The van der Waals surface area contributed by atoms with Crippen LogP contribution in [0.4, 0.5) is 0 Å². The van der Waals surface area contributed by atoms with Gasteiger partial charge >= 0.3 is 0 Å². The van der Waals surface area contributed by atoms with Crippen LogP contribution in [0.3, 0.4) is 0 Å². The average molecular weight is 334 g/mol. The van der Waals surface area contributed by atoms with E-state index in [1.54, 1.807) is 7.11 Å². The zero-order chi connectivity index (χ0) is 17.0. The topological polar surface area (TPSA) is 68.8 Å². The highest BCUT2D eigenvalue weighted by Gasteiger charge is 2.49. The molecule has 1 heterocycles. The van der Waals surface area contributed by atoms with Crippen molar-refractivity contribution in [3.8, 4) is 0 Å². The lowest BCUT2D eigenvalue weighted by Gasteiger charge is -2.21. The summed E-state index contributed by atoms with van der Waals surface area (Å²) in [5.41, 5.74) is 1.70. The van der Waals surface area contributed by atoms with Crippen LogP contribution in [0.25, 0.3) is 0 Å². The first-order valence-electron chi connectivity index (χ1n) is 8.56. The van der Waals surface area contributed by atoms with Crippen molar-refractivity contribution < 1.29 is 19.0 Å². The summed E-state index contributed by atoms with van der Waals surface area (Å²) < 4.78 is 16.7. The Morgan fingerprint density at radius 1 is 1.21 bits per heavy atom. The molecular formula is C18H26N2O4. The van der Waals surface area contributed by atoms with Crippen LogP contribution in [-0.4, -0.2) is 50.6 Å². The molecule has 2 N–H and O–H groups in total. The zero-order valence-corrected chi connectivity index (χ0v) is 14.3. The van der Waals surface area contributed by atoms with Crippen LogP contribution in [0.5, 0.6) is 0 Å². The van der Waals surface area contributed by atoms with Gasteiger partial charge in [-0.3, -0.25) is 4.79 Å². The lowest BCUT2D eigenvalue weighted by molar-refractivity contribution is -0.152. The van der Waals surface area contributed by atoms with Crippen molar-refractivity contribution in [2.24, 2.45) is 0 Å². The van der Waals surface area contributed by atoms with Crippen LogP contribution in [0.2, 0.25) is 0 Å². The molecule has 1 aliphatic carbocycles. The number of rotatable bonds is 6. The maximum Gasteiger partial charge on any atom is 0.251 e. The van der Waals surface area contributed by atoms with E-state index < -0.39 is 5.79 Å². The second-order valence-corrected chi connectivity index (χ2v) is 6.39. The third kappa shape index (κ3) is 3.78. The average Bonchev–Trinajstić information content (AvgIpc) is 3.16. The van der Waals surface area contributed by atoms with Gasteiger partial charge in [0.05, 0.1) is 19.8 Å². The van der Waals surface area contributed by atoms with Crippen molar-refractivity contribution in [2.45, 2.75) is 44.2 Å². The van der Waals surface area contributed by atoms with Crippen molar-refractivity contribution in [3.63, 3.8) is 0 Å². The maximum absolute atomic E-state index is 12.6. The molecule has 3 rings (SSSR count). The number of carbonyl (C=O) groups is 1. The maximum atomic E-state index is 12.6. The number of hydrogen-bond acceptors (Lipinski definition) is 5. The van der Waals surface area contributed by atoms with Gasteiger partial charge < -0.3 is 24.8 Å². The molecule has 1 aliphatic heterocycles. The van der Waals surface area contributed by atoms with E-state index in [9.17, 15) is 4.79 Å². The third-order valence-corrected chi connectivity index (χ3v) is 4.67. The Balaban J connectivity index is 1.65. The molecule has 1 spiro atoms. The summed E-state index contributed by atoms with van der Waals surface area (Å²) in [5.74, 6) is -0.602. The Morgan fingerprint density at radius 3 is 2.50 bits per heavy atom. The van der Waals surface area contributed by atoms with Gasteiger partial charge in [-0.05, 0) is 24.2 Å². The Hall–Kier alpha value is -1.47. The van der Waals surface area contributed by atoms with Gasteiger partial charge in [0.1, 0.15) is 0 Å². The van der Waals surface area contributed by atoms with E-state index in [-0.39, 0.29) is 18.0 Å². The Bertz CT molecular complexity index is 555. The fourth-order valence-corrected chi connectivity index (χ4v) is 3.57. The van der Waals surface area contributed by atoms with E-state index >= 15 is 0 Å². The van der Waals surface area contributed by atoms with E-state index in [1.807, 2.05) is 24.3 Å². The number of nitrogens with one attached hydrogen (secondary N) is 2. The van der Waals surface area contributed by atoms with Crippen LogP contribution in [0.15, 0.2) is 24.3 Å². The first kappa shape index (κ1) is 17.4. The van der Waals surface area contributed by atoms with E-state index in [4.69, 9.17) is 14.2 Å². The summed E-state index contributed by atoms with van der Waals surface area (Å²) in [5, 5.41) is 6.58. The SMILES string of the molecule is CCNC1CC2(CC1NC(=O)c1ccc(COC)cc1)OCCO2. The second-order valence-electron chi connectivity index (χ2n) is 6.39. The second kappa shape index (κ2) is 7.61. The van der Waals surface area contributed by atoms with Crippen LogP contribution in [0.1, 0.15) is 35.7 Å². The van der Waals surface area contributed by atoms with Gasteiger partial charge in [-0.1, -0.05) is 19.1 Å². The Morgan fingerprint density at radius 2 is 1.88 bits per heavy atom. The highest BCUT2D eigenvalue weighted by atomic mass is 16.7. The van der Waals surface area contributed by atoms with Crippen molar-refractivity contribution in [1.29, 1.82) is 0 Å². The molecule has 1 amide bonds. The number of amides is 1. The standard InChI is InChI=1S/C18H26N2O4/c1-3-19-15-10-18(23-8-9-24-18)11-16(15)20-17(21)14-6-4-13(5-7-14)12-22-2/h4-7,15-16,19H,3,8-12H2,1-2H3,(H,20,21). The molecule has 1 saturated carbocycles. The molecule has 2 atom stereocenters. The van der Waals surface area contributed by atoms with Crippen molar-refractivity contribution in [3.05, 3.63) is 35.4 Å². The molecule has 0 radical (unpaired) electrons. The zero-order valence-electron chi connectivity index (χ0n) is 14.3. The molecule has 1 aromatic rings. The smallest absolute Gasteiger partial charge is 0.251 e. The minimum atomic E-state index is -0.535. The minimum Gasteiger partial charge on any atom is -0.380 e. The largest absolute Gasteiger partial charge is 0.380 e. The Labute approximate surface area is 142 Å². The molecule has 6 nitrogen and oxygen atoms in total. The fourth-order valence-electron chi connectivity index (χ4n) is 3.57. The summed E-state index contributed by atoms with van der Waals surface area (Å²) in [6, 6.07) is 7.65. The monoisotopic (exact) mass is 334 g/mol. The number of benzene rings is 1. The van der Waals surface area contributed by atoms with E-state index in [0.29, 0.717) is 31.8 Å². The molecular weight excluding hydrogens is 308 g/mol. The number of methoxy groups -OCH3 is 1. The number of hydrogen-bond donors (Lipinski definition) is 2. The van der Waals surface area contributed by atoms with Gasteiger partial charge in [-0.15, -0.1) is 0 Å². The van der Waals surface area contributed by atoms with Crippen molar-refractivity contribution >= 4 is 5.91 Å². The van der Waals surface area contributed by atoms with Gasteiger partial charge in [0.25, 0.3) is 5.91 Å². The van der Waals surface area contributed by atoms with E-state index in [2.05, 4.69) is 17.6 Å². The molecule has 0 aromatic heterocycles. The Kier molecular flexibility index (Phi) is 5.50. The predicted molar refractivity (Wildman–Crippen MR) is 89.7 cm³/mol. The summed E-state index contributed by atoms with van der Waals surface area (Å²) in [7, 11) is 1.66. The van der Waals surface area contributed by atoms with Crippen molar-refractivity contribution in [1.82, 2.24) is 10.6 Å². The number of ether oxygens (including phenoxy) is 3. The molecule has 2 unspecified atom stereocenters. The molecule has 2 fully saturated rings. The number of likely N-dealkylation sites (N-methyl/N-ethyl adjacent to an activating group) is 1. The molecule has 1 aromatic carbocycles. The highest BCUT2D eigenvalue weighted by molar-refractivity contribution is 5.94. The first-order valence-corrected chi connectivity index (χ1v) is 8.56. The van der Waals surface area contributed by atoms with Crippen molar-refractivity contribution in [2.75, 3.05) is 26.9 Å². The third-order valence-electron chi connectivity index (χ3n) is 4.67. The first-order chi connectivity index (χ1) is 11.7. The quantitative estimate of drug-likeness (QED) is 0.824. The molecule has 6 heteroatoms. The molecule has 2 aliphatic rings. The normalized spacial score (nSPS) is 25.2. The van der Waals surface area contributed by atoms with Crippen LogP contribution in [0, 0.1) is 0 Å². The molecule has 0 bridgehead atoms. The van der Waals surface area contributed by atoms with Gasteiger partial charge in [-0.2, -0.15) is 0 Å². The highest BCUT2D eigenvalue weighted by Crippen LogP contribution is 2.37. The van der Waals surface area contributed by atoms with Gasteiger partial charge in [-0.25, -0.2) is 0 Å². The summed E-state index contributed by atoms with van der Waals surface area (Å²) in [6.45, 7) is 4.71. The summed E-state index contributed by atoms with van der Waals surface area (Å²) in [6.07, 6.45) is 1.44. The summed E-state index contributed by atoms with van der Waals surface area (Å²) in [4.78, 5) is 12.6. The number of carbonyl (C=O) groups excluding carboxylic acids is 1. The van der Waals surface area contributed by atoms with Crippen LogP contribution >= 0.6 is 0 Å².